The average Bonchev–Trinajstić information content (AvgIpc) is 2.60. The van der Waals surface area contributed by atoms with Crippen molar-refractivity contribution in [1.29, 1.82) is 0 Å². The Morgan fingerprint density at radius 2 is 1.71 bits per heavy atom. The van der Waals surface area contributed by atoms with E-state index in [1.54, 1.807) is 0 Å². The van der Waals surface area contributed by atoms with Gasteiger partial charge in [0.1, 0.15) is 0 Å². The molecule has 1 aliphatic rings. The summed E-state index contributed by atoms with van der Waals surface area (Å²) in [5.74, 6) is 0. The second kappa shape index (κ2) is 8.27. The van der Waals surface area contributed by atoms with Crippen LogP contribution in [0.25, 0.3) is 0 Å². The highest BCUT2D eigenvalue weighted by Crippen LogP contribution is 2.14. The Balaban J connectivity index is 1.41. The van der Waals surface area contributed by atoms with Crippen molar-refractivity contribution in [1.82, 2.24) is 10.2 Å². The average molecular weight is 340 g/mol. The summed E-state index contributed by atoms with van der Waals surface area (Å²) in [6.07, 6.45) is 2.26. The summed E-state index contributed by atoms with van der Waals surface area (Å²) in [5.41, 5.74) is 3.69. The molecule has 1 aliphatic heterocycles. The van der Waals surface area contributed by atoms with E-state index in [0.29, 0.717) is 6.04 Å². The van der Waals surface area contributed by atoms with E-state index in [-0.39, 0.29) is 0 Å². The first-order valence-corrected chi connectivity index (χ1v) is 9.00. The maximum atomic E-state index is 5.45. The van der Waals surface area contributed by atoms with Gasteiger partial charge in [-0.15, -0.1) is 0 Å². The maximum absolute atomic E-state index is 5.45. The van der Waals surface area contributed by atoms with Gasteiger partial charge in [-0.2, -0.15) is 0 Å². The molecule has 2 N–H and O–H groups in total. The standard InChI is InChI=1S/C20H25N3S/c1-16-7-9-18(10-8-16)21-20(24)22-19-11-13-23(14-12-19)15-17-5-3-2-4-6-17/h2-10,19H,11-15H2,1H3,(H2,21,22,24). The van der Waals surface area contributed by atoms with Crippen molar-refractivity contribution in [2.45, 2.75) is 32.4 Å². The molecule has 0 unspecified atom stereocenters. The van der Waals surface area contributed by atoms with Crippen LogP contribution in [0.5, 0.6) is 0 Å². The zero-order valence-electron chi connectivity index (χ0n) is 14.2. The van der Waals surface area contributed by atoms with Gasteiger partial charge in [-0.3, -0.25) is 4.90 Å². The van der Waals surface area contributed by atoms with Crippen molar-refractivity contribution >= 4 is 23.0 Å². The highest BCUT2D eigenvalue weighted by molar-refractivity contribution is 7.80. The van der Waals surface area contributed by atoms with Crippen molar-refractivity contribution < 1.29 is 0 Å². The van der Waals surface area contributed by atoms with Gasteiger partial charge in [-0.05, 0) is 49.7 Å². The second-order valence-electron chi connectivity index (χ2n) is 6.50. The summed E-state index contributed by atoms with van der Waals surface area (Å²) < 4.78 is 0. The Morgan fingerprint density at radius 1 is 1.04 bits per heavy atom. The molecular weight excluding hydrogens is 314 g/mol. The summed E-state index contributed by atoms with van der Waals surface area (Å²) in [6, 6.07) is 19.5. The molecule has 126 valence electrons. The van der Waals surface area contributed by atoms with Crippen molar-refractivity contribution in [3.63, 3.8) is 0 Å². The fourth-order valence-electron chi connectivity index (χ4n) is 3.07. The minimum Gasteiger partial charge on any atom is -0.360 e. The molecule has 0 radical (unpaired) electrons. The Labute approximate surface area is 150 Å². The number of rotatable bonds is 4. The lowest BCUT2D eigenvalue weighted by Gasteiger charge is -2.33. The number of piperidine rings is 1. The minimum atomic E-state index is 0.461. The molecule has 0 saturated carbocycles. The lowest BCUT2D eigenvalue weighted by atomic mass is 10.0. The first-order chi connectivity index (χ1) is 11.7. The van der Waals surface area contributed by atoms with Crippen LogP contribution >= 0.6 is 12.2 Å². The number of thiocarbonyl (C=S) groups is 1. The molecule has 3 nitrogen and oxygen atoms in total. The van der Waals surface area contributed by atoms with Gasteiger partial charge >= 0.3 is 0 Å². The summed E-state index contributed by atoms with van der Waals surface area (Å²) >= 11 is 5.45. The highest BCUT2D eigenvalue weighted by Gasteiger charge is 2.19. The fraction of sp³-hybridized carbons (Fsp3) is 0.350. The fourth-order valence-corrected chi connectivity index (χ4v) is 3.35. The molecule has 0 bridgehead atoms. The second-order valence-corrected chi connectivity index (χ2v) is 6.91. The molecule has 0 spiro atoms. The van der Waals surface area contributed by atoms with Crippen molar-refractivity contribution in [3.8, 4) is 0 Å². The summed E-state index contributed by atoms with van der Waals surface area (Å²) in [4.78, 5) is 2.52. The number of hydrogen-bond acceptors (Lipinski definition) is 2. The van der Waals surface area contributed by atoms with Gasteiger partial charge in [0.2, 0.25) is 0 Å². The first-order valence-electron chi connectivity index (χ1n) is 8.59. The molecule has 0 atom stereocenters. The number of likely N-dealkylation sites (tertiary alicyclic amines) is 1. The van der Waals surface area contributed by atoms with E-state index in [0.717, 1.165) is 43.3 Å². The van der Waals surface area contributed by atoms with E-state index in [9.17, 15) is 0 Å². The van der Waals surface area contributed by atoms with Crippen LogP contribution < -0.4 is 10.6 Å². The lowest BCUT2D eigenvalue weighted by Crippen LogP contribution is -2.45. The smallest absolute Gasteiger partial charge is 0.170 e. The van der Waals surface area contributed by atoms with E-state index in [1.165, 1.54) is 11.1 Å². The van der Waals surface area contributed by atoms with E-state index in [1.807, 2.05) is 0 Å². The van der Waals surface area contributed by atoms with Gasteiger partial charge in [0.25, 0.3) is 0 Å². The number of nitrogens with zero attached hydrogens (tertiary/aromatic N) is 1. The highest BCUT2D eigenvalue weighted by atomic mass is 32.1. The number of anilines is 1. The molecule has 2 aromatic rings. The van der Waals surface area contributed by atoms with E-state index in [2.05, 4.69) is 77.1 Å². The molecule has 1 saturated heterocycles. The van der Waals surface area contributed by atoms with Gasteiger partial charge in [0.15, 0.2) is 5.11 Å². The number of aryl methyl sites for hydroxylation is 1. The molecule has 0 aromatic heterocycles. The van der Waals surface area contributed by atoms with E-state index in [4.69, 9.17) is 12.2 Å². The van der Waals surface area contributed by atoms with Crippen LogP contribution in [0, 0.1) is 6.92 Å². The molecule has 4 heteroatoms. The van der Waals surface area contributed by atoms with Gasteiger partial charge in [0.05, 0.1) is 0 Å². The predicted molar refractivity (Wildman–Crippen MR) is 105 cm³/mol. The zero-order valence-corrected chi connectivity index (χ0v) is 15.0. The predicted octanol–water partition coefficient (Wildman–Crippen LogP) is 3.95. The molecule has 0 amide bonds. The molecule has 2 aromatic carbocycles. The maximum Gasteiger partial charge on any atom is 0.170 e. The SMILES string of the molecule is Cc1ccc(NC(=S)NC2CCN(Cc3ccccc3)CC2)cc1. The third-order valence-corrected chi connectivity index (χ3v) is 4.70. The number of hydrogen-bond donors (Lipinski definition) is 2. The third-order valence-electron chi connectivity index (χ3n) is 4.48. The number of benzene rings is 2. The van der Waals surface area contributed by atoms with Gasteiger partial charge in [-0.1, -0.05) is 48.0 Å². The topological polar surface area (TPSA) is 27.3 Å². The Bertz CT molecular complexity index is 646. The van der Waals surface area contributed by atoms with Gasteiger partial charge in [-0.25, -0.2) is 0 Å². The first kappa shape index (κ1) is 16.9. The van der Waals surface area contributed by atoms with Crippen LogP contribution in [-0.4, -0.2) is 29.1 Å². The summed E-state index contributed by atoms with van der Waals surface area (Å²) in [6.45, 7) is 5.35. The van der Waals surface area contributed by atoms with E-state index >= 15 is 0 Å². The van der Waals surface area contributed by atoms with Crippen LogP contribution in [0.1, 0.15) is 24.0 Å². The lowest BCUT2D eigenvalue weighted by molar-refractivity contribution is 0.199. The van der Waals surface area contributed by atoms with Crippen LogP contribution in [0.15, 0.2) is 54.6 Å². The van der Waals surface area contributed by atoms with Crippen molar-refractivity contribution in [2.24, 2.45) is 0 Å². The van der Waals surface area contributed by atoms with Gasteiger partial charge < -0.3 is 10.6 Å². The normalized spacial score (nSPS) is 15.9. The Kier molecular flexibility index (Phi) is 5.83. The molecule has 24 heavy (non-hydrogen) atoms. The van der Waals surface area contributed by atoms with Crippen LogP contribution in [0.3, 0.4) is 0 Å². The minimum absolute atomic E-state index is 0.461. The molecule has 0 aliphatic carbocycles. The zero-order chi connectivity index (χ0) is 16.8. The van der Waals surface area contributed by atoms with Gasteiger partial charge in [0, 0.05) is 31.4 Å². The molecule has 1 heterocycles. The number of nitrogens with one attached hydrogen (secondary N) is 2. The molecular formula is C20H25N3S. The summed E-state index contributed by atoms with van der Waals surface area (Å²) in [5, 5.41) is 7.46. The van der Waals surface area contributed by atoms with Crippen LogP contribution in [-0.2, 0) is 6.54 Å². The molecule has 3 rings (SSSR count). The molecule has 1 fully saturated rings. The summed E-state index contributed by atoms with van der Waals surface area (Å²) in [7, 11) is 0. The monoisotopic (exact) mass is 339 g/mol. The van der Waals surface area contributed by atoms with E-state index < -0.39 is 0 Å². The Hall–Kier alpha value is -1.91. The van der Waals surface area contributed by atoms with Crippen LogP contribution in [0.4, 0.5) is 5.69 Å². The third kappa shape index (κ3) is 5.05. The van der Waals surface area contributed by atoms with Crippen molar-refractivity contribution in [2.75, 3.05) is 18.4 Å². The van der Waals surface area contributed by atoms with Crippen molar-refractivity contribution in [3.05, 3.63) is 65.7 Å². The van der Waals surface area contributed by atoms with Crippen LogP contribution in [0.2, 0.25) is 0 Å². The Morgan fingerprint density at radius 3 is 2.38 bits per heavy atom. The quantitative estimate of drug-likeness (QED) is 0.825. The largest absolute Gasteiger partial charge is 0.360 e.